The highest BCUT2D eigenvalue weighted by atomic mass is 19.1. The van der Waals surface area contributed by atoms with E-state index in [1.807, 2.05) is 30.1 Å². The zero-order chi connectivity index (χ0) is 17.4. The summed E-state index contributed by atoms with van der Waals surface area (Å²) >= 11 is 0. The minimum absolute atomic E-state index is 0.0953. The lowest BCUT2D eigenvalue weighted by atomic mass is 10.1. The second kappa shape index (κ2) is 6.31. The van der Waals surface area contributed by atoms with Crippen molar-refractivity contribution < 1.29 is 9.18 Å². The summed E-state index contributed by atoms with van der Waals surface area (Å²) in [7, 11) is 1.81. The average Bonchev–Trinajstić information content (AvgIpc) is 3.37. The predicted octanol–water partition coefficient (Wildman–Crippen LogP) is 1.86. The molecular formula is C18H20FN5O. The van der Waals surface area contributed by atoms with Gasteiger partial charge in [-0.1, -0.05) is 12.1 Å². The molecule has 1 N–H and O–H groups in total. The maximum atomic E-state index is 13.0. The van der Waals surface area contributed by atoms with Gasteiger partial charge in [-0.15, -0.1) is 0 Å². The second-order valence-corrected chi connectivity index (χ2v) is 6.64. The van der Waals surface area contributed by atoms with Gasteiger partial charge in [0.25, 0.3) is 0 Å². The first kappa shape index (κ1) is 15.8. The van der Waals surface area contributed by atoms with Crippen LogP contribution in [0.25, 0.3) is 0 Å². The summed E-state index contributed by atoms with van der Waals surface area (Å²) in [5, 5.41) is 3.41. The Hall–Kier alpha value is -2.70. The van der Waals surface area contributed by atoms with Gasteiger partial charge >= 0.3 is 0 Å². The van der Waals surface area contributed by atoms with Crippen molar-refractivity contribution in [2.75, 3.05) is 36.9 Å². The Kier molecular flexibility index (Phi) is 3.99. The van der Waals surface area contributed by atoms with Crippen LogP contribution in [0.3, 0.4) is 0 Å². The van der Waals surface area contributed by atoms with E-state index >= 15 is 0 Å². The Morgan fingerprint density at radius 1 is 1.20 bits per heavy atom. The number of benzene rings is 1. The fourth-order valence-corrected chi connectivity index (χ4v) is 3.18. The highest BCUT2D eigenvalue weighted by Crippen LogP contribution is 2.42. The van der Waals surface area contributed by atoms with Crippen LogP contribution in [0.4, 0.5) is 16.0 Å². The zero-order valence-corrected chi connectivity index (χ0v) is 14.0. The Balaban J connectivity index is 1.41. The highest BCUT2D eigenvalue weighted by Gasteiger charge is 2.38. The molecule has 0 bridgehead atoms. The molecule has 2 aromatic rings. The second-order valence-electron chi connectivity index (χ2n) is 6.64. The fourth-order valence-electron chi connectivity index (χ4n) is 3.18. The van der Waals surface area contributed by atoms with Crippen molar-refractivity contribution in [3.05, 3.63) is 48.0 Å². The molecule has 0 radical (unpaired) electrons. The van der Waals surface area contributed by atoms with Gasteiger partial charge in [-0.3, -0.25) is 4.79 Å². The number of rotatable bonds is 4. The third kappa shape index (κ3) is 3.40. The number of piperazine rings is 1. The summed E-state index contributed by atoms with van der Waals surface area (Å²) in [6, 6.07) is 8.85. The molecule has 1 aliphatic heterocycles. The Labute approximate surface area is 145 Å². The standard InChI is InChI=1S/C18H20FN5O/c1-23-6-7-24(10-18(23)25)17-9-16(20-11-21-17)22-15-8-14(15)12-2-4-13(19)5-3-12/h2-5,9,11,14-15H,6-8,10H2,1H3,(H,20,21,22)/t14-,15+/m0/s1. The molecule has 1 aromatic heterocycles. The number of hydrogen-bond donors (Lipinski definition) is 1. The lowest BCUT2D eigenvalue weighted by Crippen LogP contribution is -2.48. The van der Waals surface area contributed by atoms with Gasteiger partial charge in [0, 0.05) is 38.2 Å². The normalized spacial score (nSPS) is 22.9. The Bertz CT molecular complexity index is 781. The molecule has 2 aliphatic rings. The van der Waals surface area contributed by atoms with Crippen molar-refractivity contribution in [2.45, 2.75) is 18.4 Å². The summed E-state index contributed by atoms with van der Waals surface area (Å²) in [5.74, 6) is 1.78. The zero-order valence-electron chi connectivity index (χ0n) is 14.0. The molecule has 0 unspecified atom stereocenters. The van der Waals surface area contributed by atoms with E-state index in [0.717, 1.165) is 30.2 Å². The lowest BCUT2D eigenvalue weighted by Gasteiger charge is -2.32. The van der Waals surface area contributed by atoms with Crippen LogP contribution in [0.15, 0.2) is 36.7 Å². The van der Waals surface area contributed by atoms with Gasteiger partial charge in [-0.05, 0) is 24.1 Å². The summed E-state index contributed by atoms with van der Waals surface area (Å²) in [6.45, 7) is 1.80. The largest absolute Gasteiger partial charge is 0.367 e. The van der Waals surface area contributed by atoms with Gasteiger partial charge in [0.1, 0.15) is 23.8 Å². The molecule has 1 saturated carbocycles. The number of aromatic nitrogens is 2. The summed E-state index contributed by atoms with van der Waals surface area (Å²) in [6.07, 6.45) is 2.52. The van der Waals surface area contributed by atoms with Crippen molar-refractivity contribution in [3.8, 4) is 0 Å². The van der Waals surface area contributed by atoms with Crippen LogP contribution < -0.4 is 10.2 Å². The number of anilines is 2. The van der Waals surface area contributed by atoms with E-state index in [2.05, 4.69) is 15.3 Å². The van der Waals surface area contributed by atoms with E-state index in [1.54, 1.807) is 4.90 Å². The molecule has 1 amide bonds. The Morgan fingerprint density at radius 3 is 2.76 bits per heavy atom. The molecular weight excluding hydrogens is 321 g/mol. The fraction of sp³-hybridized carbons (Fsp3) is 0.389. The molecule has 7 heteroatoms. The quantitative estimate of drug-likeness (QED) is 0.920. The van der Waals surface area contributed by atoms with Crippen LogP contribution in [0.5, 0.6) is 0 Å². The first-order valence-corrected chi connectivity index (χ1v) is 8.43. The van der Waals surface area contributed by atoms with Crippen molar-refractivity contribution in [3.63, 3.8) is 0 Å². The minimum Gasteiger partial charge on any atom is -0.367 e. The first-order valence-electron chi connectivity index (χ1n) is 8.43. The molecule has 1 aromatic carbocycles. The van der Waals surface area contributed by atoms with Gasteiger partial charge in [0.2, 0.25) is 5.91 Å². The smallest absolute Gasteiger partial charge is 0.241 e. The monoisotopic (exact) mass is 341 g/mol. The number of halogens is 1. The molecule has 2 heterocycles. The predicted molar refractivity (Wildman–Crippen MR) is 93.1 cm³/mol. The molecule has 6 nitrogen and oxygen atoms in total. The van der Waals surface area contributed by atoms with Crippen molar-refractivity contribution in [2.24, 2.45) is 0 Å². The van der Waals surface area contributed by atoms with E-state index in [-0.39, 0.29) is 11.7 Å². The third-order valence-corrected chi connectivity index (χ3v) is 4.86. The average molecular weight is 341 g/mol. The lowest BCUT2D eigenvalue weighted by molar-refractivity contribution is -0.129. The number of nitrogens with one attached hydrogen (secondary N) is 1. The molecule has 130 valence electrons. The van der Waals surface area contributed by atoms with Crippen LogP contribution in [0.1, 0.15) is 17.9 Å². The van der Waals surface area contributed by atoms with Crippen molar-refractivity contribution >= 4 is 17.5 Å². The first-order chi connectivity index (χ1) is 12.1. The van der Waals surface area contributed by atoms with Crippen LogP contribution in [0.2, 0.25) is 0 Å². The number of likely N-dealkylation sites (N-methyl/N-ethyl adjacent to an activating group) is 1. The topological polar surface area (TPSA) is 61.4 Å². The number of amides is 1. The number of carbonyl (C=O) groups excluding carboxylic acids is 1. The molecule has 2 atom stereocenters. The minimum atomic E-state index is -0.212. The SMILES string of the molecule is CN1CCN(c2cc(N[C@@H]3C[C@H]3c3ccc(F)cc3)ncn2)CC1=O. The van der Waals surface area contributed by atoms with Crippen LogP contribution in [-0.4, -0.2) is 53.5 Å². The summed E-state index contributed by atoms with van der Waals surface area (Å²) < 4.78 is 13.0. The molecule has 2 fully saturated rings. The molecule has 0 spiro atoms. The summed E-state index contributed by atoms with van der Waals surface area (Å²) in [4.78, 5) is 24.2. The maximum Gasteiger partial charge on any atom is 0.241 e. The van der Waals surface area contributed by atoms with Gasteiger partial charge in [-0.25, -0.2) is 14.4 Å². The molecule has 1 aliphatic carbocycles. The maximum absolute atomic E-state index is 13.0. The number of carbonyl (C=O) groups is 1. The van der Waals surface area contributed by atoms with Crippen LogP contribution in [-0.2, 0) is 4.79 Å². The van der Waals surface area contributed by atoms with E-state index < -0.39 is 0 Å². The van der Waals surface area contributed by atoms with Gasteiger partial charge in [0.05, 0.1) is 6.54 Å². The molecule has 1 saturated heterocycles. The van der Waals surface area contributed by atoms with Crippen molar-refractivity contribution in [1.82, 2.24) is 14.9 Å². The van der Waals surface area contributed by atoms with Gasteiger partial charge < -0.3 is 15.1 Å². The summed E-state index contributed by atoms with van der Waals surface area (Å²) in [5.41, 5.74) is 1.14. The van der Waals surface area contributed by atoms with E-state index in [1.165, 1.54) is 18.5 Å². The van der Waals surface area contributed by atoms with Gasteiger partial charge in [-0.2, -0.15) is 0 Å². The Morgan fingerprint density at radius 2 is 2.00 bits per heavy atom. The number of nitrogens with zero attached hydrogens (tertiary/aromatic N) is 4. The third-order valence-electron chi connectivity index (χ3n) is 4.86. The van der Waals surface area contributed by atoms with Crippen LogP contribution in [0, 0.1) is 5.82 Å². The van der Waals surface area contributed by atoms with Crippen molar-refractivity contribution in [1.29, 1.82) is 0 Å². The van der Waals surface area contributed by atoms with E-state index in [9.17, 15) is 9.18 Å². The van der Waals surface area contributed by atoms with E-state index in [4.69, 9.17) is 0 Å². The van der Waals surface area contributed by atoms with Gasteiger partial charge in [0.15, 0.2) is 0 Å². The molecule has 4 rings (SSSR count). The highest BCUT2D eigenvalue weighted by molar-refractivity contribution is 5.82. The van der Waals surface area contributed by atoms with E-state index in [0.29, 0.717) is 25.0 Å². The number of hydrogen-bond acceptors (Lipinski definition) is 5. The van der Waals surface area contributed by atoms with Crippen LogP contribution >= 0.6 is 0 Å². The molecule has 25 heavy (non-hydrogen) atoms.